The van der Waals surface area contributed by atoms with Crippen molar-refractivity contribution < 1.29 is 19.1 Å². The fraction of sp³-hybridized carbons (Fsp3) is 0.882. The summed E-state index contributed by atoms with van der Waals surface area (Å²) in [6.45, 7) is 10.8. The van der Waals surface area contributed by atoms with Crippen LogP contribution in [0.3, 0.4) is 0 Å². The Bertz CT molecular complexity index is 413. The van der Waals surface area contributed by atoms with Gasteiger partial charge in [0.05, 0.1) is 25.3 Å². The Labute approximate surface area is 133 Å². The van der Waals surface area contributed by atoms with Gasteiger partial charge >= 0.3 is 6.09 Å². The minimum Gasteiger partial charge on any atom is -0.444 e. The molecule has 2 aliphatic rings. The van der Waals surface area contributed by atoms with Crippen LogP contribution >= 0.6 is 0 Å². The molecule has 2 rings (SSSR count). The number of nitrogens with zero attached hydrogens (tertiary/aromatic N) is 1. The predicted octanol–water partition coefficient (Wildman–Crippen LogP) is 3.02. The van der Waals surface area contributed by atoms with Crippen LogP contribution in [-0.4, -0.2) is 47.7 Å². The third-order valence-electron chi connectivity index (χ3n) is 4.19. The highest BCUT2D eigenvalue weighted by Crippen LogP contribution is 2.34. The number of Topliss-reactive ketones (excluding diaryl/α,β-unsaturated/α-hetero) is 1. The van der Waals surface area contributed by atoms with Crippen molar-refractivity contribution in [3.63, 3.8) is 0 Å². The Morgan fingerprint density at radius 1 is 1.18 bits per heavy atom. The summed E-state index contributed by atoms with van der Waals surface area (Å²) in [6.07, 6.45) is 1.74. The largest absolute Gasteiger partial charge is 0.444 e. The molecule has 0 radical (unpaired) electrons. The first-order chi connectivity index (χ1) is 10.2. The van der Waals surface area contributed by atoms with Crippen molar-refractivity contribution in [3.05, 3.63) is 0 Å². The number of ether oxygens (including phenoxy) is 2. The SMILES string of the molecule is CC(C)CC(=O)C1CC2COCC(C1)N2C(=O)OC(C)(C)C. The highest BCUT2D eigenvalue weighted by Gasteiger charge is 2.44. The lowest BCUT2D eigenvalue weighted by Crippen LogP contribution is -2.60. The van der Waals surface area contributed by atoms with E-state index in [0.717, 1.165) is 0 Å². The standard InChI is InChI=1S/C17H29NO4/c1-11(2)6-15(19)12-7-13-9-21-10-14(8-12)18(13)16(20)22-17(3,4)5/h11-14H,6-10H2,1-5H3. The highest BCUT2D eigenvalue weighted by molar-refractivity contribution is 5.82. The van der Waals surface area contributed by atoms with Crippen LogP contribution in [0, 0.1) is 11.8 Å². The van der Waals surface area contributed by atoms with Crippen LogP contribution in [0.2, 0.25) is 0 Å². The Morgan fingerprint density at radius 3 is 2.18 bits per heavy atom. The summed E-state index contributed by atoms with van der Waals surface area (Å²) in [7, 11) is 0. The van der Waals surface area contributed by atoms with E-state index >= 15 is 0 Å². The van der Waals surface area contributed by atoms with Gasteiger partial charge in [-0.1, -0.05) is 13.8 Å². The van der Waals surface area contributed by atoms with Gasteiger partial charge in [-0.25, -0.2) is 4.79 Å². The number of rotatable bonds is 3. The van der Waals surface area contributed by atoms with Crippen molar-refractivity contribution in [2.75, 3.05) is 13.2 Å². The molecule has 0 saturated carbocycles. The number of ketones is 1. The third kappa shape index (κ3) is 4.22. The smallest absolute Gasteiger partial charge is 0.410 e. The molecule has 0 aliphatic carbocycles. The molecule has 2 unspecified atom stereocenters. The van der Waals surface area contributed by atoms with Crippen LogP contribution in [0.15, 0.2) is 0 Å². The molecule has 0 aromatic carbocycles. The molecule has 2 atom stereocenters. The first kappa shape index (κ1) is 17.3. The van der Waals surface area contributed by atoms with Crippen LogP contribution in [0.5, 0.6) is 0 Å². The highest BCUT2D eigenvalue weighted by atomic mass is 16.6. The fourth-order valence-corrected chi connectivity index (χ4v) is 3.36. The lowest BCUT2D eigenvalue weighted by Gasteiger charge is -2.48. The number of carbonyl (C=O) groups is 2. The molecule has 0 N–H and O–H groups in total. The van der Waals surface area contributed by atoms with Crippen molar-refractivity contribution in [1.29, 1.82) is 0 Å². The zero-order valence-corrected chi connectivity index (χ0v) is 14.4. The Kier molecular flexibility index (Phi) is 5.15. The number of fused-ring (bicyclic) bond motifs is 2. The maximum atomic E-state index is 12.4. The first-order valence-electron chi connectivity index (χ1n) is 8.29. The van der Waals surface area contributed by atoms with Crippen molar-refractivity contribution in [1.82, 2.24) is 4.90 Å². The van der Waals surface area contributed by atoms with E-state index in [1.165, 1.54) is 0 Å². The van der Waals surface area contributed by atoms with Crippen LogP contribution in [0.1, 0.15) is 53.9 Å². The van der Waals surface area contributed by atoms with Crippen molar-refractivity contribution in [2.24, 2.45) is 11.8 Å². The molecule has 5 nitrogen and oxygen atoms in total. The second-order valence-corrected chi connectivity index (χ2v) is 7.97. The summed E-state index contributed by atoms with van der Waals surface area (Å²) in [5, 5.41) is 0. The van der Waals surface area contributed by atoms with E-state index < -0.39 is 5.60 Å². The molecule has 1 amide bonds. The number of amides is 1. The summed E-state index contributed by atoms with van der Waals surface area (Å²) in [4.78, 5) is 26.6. The monoisotopic (exact) mass is 311 g/mol. The van der Waals surface area contributed by atoms with Crippen molar-refractivity contribution >= 4 is 11.9 Å². The Hall–Kier alpha value is -1.10. The van der Waals surface area contributed by atoms with E-state index in [0.29, 0.717) is 44.2 Å². The van der Waals surface area contributed by atoms with Gasteiger partial charge in [-0.3, -0.25) is 9.69 Å². The molecule has 0 spiro atoms. The molecule has 2 bridgehead atoms. The molecule has 0 aromatic heterocycles. The lowest BCUT2D eigenvalue weighted by atomic mass is 9.80. The average Bonchev–Trinajstić information content (AvgIpc) is 2.34. The van der Waals surface area contributed by atoms with Gasteiger partial charge in [0.15, 0.2) is 0 Å². The topological polar surface area (TPSA) is 55.8 Å². The van der Waals surface area contributed by atoms with Gasteiger partial charge in [0.2, 0.25) is 0 Å². The molecular formula is C17H29NO4. The van der Waals surface area contributed by atoms with E-state index in [9.17, 15) is 9.59 Å². The number of morpholine rings is 1. The van der Waals surface area contributed by atoms with Crippen molar-refractivity contribution in [2.45, 2.75) is 71.6 Å². The van der Waals surface area contributed by atoms with Gasteiger partial charge in [0.25, 0.3) is 0 Å². The van der Waals surface area contributed by atoms with Crippen LogP contribution in [-0.2, 0) is 14.3 Å². The van der Waals surface area contributed by atoms with Gasteiger partial charge < -0.3 is 9.47 Å². The minimum absolute atomic E-state index is 0.0385. The van der Waals surface area contributed by atoms with Gasteiger partial charge in [0.1, 0.15) is 11.4 Å². The third-order valence-corrected chi connectivity index (χ3v) is 4.19. The zero-order valence-electron chi connectivity index (χ0n) is 14.4. The van der Waals surface area contributed by atoms with E-state index in [1.807, 2.05) is 25.7 Å². The van der Waals surface area contributed by atoms with Crippen LogP contribution < -0.4 is 0 Å². The molecule has 22 heavy (non-hydrogen) atoms. The molecule has 0 aromatic rings. The second kappa shape index (κ2) is 6.57. The molecule has 2 aliphatic heterocycles. The van der Waals surface area contributed by atoms with Gasteiger partial charge in [-0.15, -0.1) is 0 Å². The maximum absolute atomic E-state index is 12.4. The predicted molar refractivity (Wildman–Crippen MR) is 83.7 cm³/mol. The van der Waals surface area contributed by atoms with E-state index in [1.54, 1.807) is 0 Å². The van der Waals surface area contributed by atoms with Gasteiger partial charge in [0, 0.05) is 12.3 Å². The van der Waals surface area contributed by atoms with Gasteiger partial charge in [-0.05, 0) is 39.5 Å². The fourth-order valence-electron chi connectivity index (χ4n) is 3.36. The van der Waals surface area contributed by atoms with Crippen LogP contribution in [0.25, 0.3) is 0 Å². The normalized spacial score (nSPS) is 28.6. The summed E-state index contributed by atoms with van der Waals surface area (Å²) in [6, 6.07) is -0.0769. The number of carbonyl (C=O) groups excluding carboxylic acids is 2. The summed E-state index contributed by atoms with van der Waals surface area (Å²) >= 11 is 0. The second-order valence-electron chi connectivity index (χ2n) is 7.97. The quantitative estimate of drug-likeness (QED) is 0.804. The number of piperidine rings is 1. The molecule has 5 heteroatoms. The molecule has 2 heterocycles. The molecule has 2 saturated heterocycles. The summed E-state index contributed by atoms with van der Waals surface area (Å²) < 4.78 is 11.1. The summed E-state index contributed by atoms with van der Waals surface area (Å²) in [5.74, 6) is 0.767. The van der Waals surface area contributed by atoms with Crippen LogP contribution in [0.4, 0.5) is 4.79 Å². The van der Waals surface area contributed by atoms with E-state index in [4.69, 9.17) is 9.47 Å². The molecule has 2 fully saturated rings. The summed E-state index contributed by atoms with van der Waals surface area (Å²) in [5.41, 5.74) is -0.503. The van der Waals surface area contributed by atoms with E-state index in [2.05, 4.69) is 13.8 Å². The Balaban J connectivity index is 2.05. The van der Waals surface area contributed by atoms with E-state index in [-0.39, 0.29) is 24.1 Å². The average molecular weight is 311 g/mol. The number of hydrogen-bond donors (Lipinski definition) is 0. The lowest BCUT2D eigenvalue weighted by molar-refractivity contribution is -0.132. The zero-order chi connectivity index (χ0) is 16.5. The maximum Gasteiger partial charge on any atom is 0.410 e. The Morgan fingerprint density at radius 2 is 1.73 bits per heavy atom. The van der Waals surface area contributed by atoms with Crippen molar-refractivity contribution in [3.8, 4) is 0 Å². The molecular weight excluding hydrogens is 282 g/mol. The van der Waals surface area contributed by atoms with Gasteiger partial charge in [-0.2, -0.15) is 0 Å². The minimum atomic E-state index is -0.503. The first-order valence-corrected chi connectivity index (χ1v) is 8.29. The number of hydrogen-bond acceptors (Lipinski definition) is 4. The molecule has 126 valence electrons.